The van der Waals surface area contributed by atoms with Gasteiger partial charge >= 0.3 is 5.69 Å². The van der Waals surface area contributed by atoms with Crippen molar-refractivity contribution < 1.29 is 4.79 Å². The summed E-state index contributed by atoms with van der Waals surface area (Å²) in [5, 5.41) is 2.92. The van der Waals surface area contributed by atoms with Crippen molar-refractivity contribution in [1.29, 1.82) is 0 Å². The second kappa shape index (κ2) is 6.33. The maximum atomic E-state index is 12.2. The van der Waals surface area contributed by atoms with Crippen LogP contribution in [0.2, 0.25) is 0 Å². The molecule has 1 amide bonds. The summed E-state index contributed by atoms with van der Waals surface area (Å²) in [7, 11) is 2.93. The largest absolute Gasteiger partial charge is 0.332 e. The predicted octanol–water partition coefficient (Wildman–Crippen LogP) is -0.0559. The van der Waals surface area contributed by atoms with Crippen LogP contribution in [0.3, 0.4) is 0 Å². The van der Waals surface area contributed by atoms with Crippen molar-refractivity contribution in [3.63, 3.8) is 0 Å². The number of amides is 1. The predicted molar refractivity (Wildman–Crippen MR) is 88.3 cm³/mol. The number of hydrogen-bond acceptors (Lipinski definition) is 5. The monoisotopic (exact) mass is 319 g/mol. The smallest absolute Gasteiger partial charge is 0.323 e. The number of anilines is 1. The summed E-state index contributed by atoms with van der Waals surface area (Å²) in [5.74, 6) is -0.292. The summed E-state index contributed by atoms with van der Waals surface area (Å²) in [6.07, 6.45) is 2.19. The van der Waals surface area contributed by atoms with Gasteiger partial charge in [0.15, 0.2) is 0 Å². The van der Waals surface area contributed by atoms with Crippen molar-refractivity contribution in [1.82, 2.24) is 14.1 Å². The molecule has 3 N–H and O–H groups in total. The molecule has 0 radical (unpaired) electrons. The molecule has 0 aliphatic carbocycles. The topological polar surface area (TPSA) is 112 Å². The lowest BCUT2D eigenvalue weighted by Crippen LogP contribution is -2.40. The van der Waals surface area contributed by atoms with Crippen molar-refractivity contribution >= 4 is 22.6 Å². The summed E-state index contributed by atoms with van der Waals surface area (Å²) in [6.45, 7) is 3.86. The standard InChI is InChI=1S/C15H21N5O3/c1-5-8(2)11(16)13(21)18-9-6-10-12(17-7-9)19(3)15(23)20(4)14(10)22/h6-8,11H,5,16H2,1-4H3,(H,18,21). The highest BCUT2D eigenvalue weighted by molar-refractivity contribution is 5.96. The van der Waals surface area contributed by atoms with Crippen LogP contribution in [0.1, 0.15) is 20.3 Å². The van der Waals surface area contributed by atoms with E-state index in [0.29, 0.717) is 5.69 Å². The van der Waals surface area contributed by atoms with Crippen LogP contribution >= 0.6 is 0 Å². The molecule has 2 atom stereocenters. The Labute approximate surface area is 132 Å². The Kier molecular flexibility index (Phi) is 4.65. The van der Waals surface area contributed by atoms with E-state index in [4.69, 9.17) is 5.73 Å². The fraction of sp³-hybridized carbons (Fsp3) is 0.467. The van der Waals surface area contributed by atoms with Crippen molar-refractivity contribution in [3.05, 3.63) is 33.1 Å². The molecule has 124 valence electrons. The summed E-state index contributed by atoms with van der Waals surface area (Å²) in [4.78, 5) is 40.3. The Morgan fingerprint density at radius 3 is 2.61 bits per heavy atom. The van der Waals surface area contributed by atoms with Gasteiger partial charge in [0.05, 0.1) is 23.3 Å². The number of fused-ring (bicyclic) bond motifs is 1. The summed E-state index contributed by atoms with van der Waals surface area (Å²) in [5.41, 5.74) is 5.61. The highest BCUT2D eigenvalue weighted by Gasteiger charge is 2.20. The number of pyridine rings is 1. The molecule has 0 saturated carbocycles. The van der Waals surface area contributed by atoms with E-state index >= 15 is 0 Å². The molecule has 2 aromatic heterocycles. The van der Waals surface area contributed by atoms with Crippen LogP contribution in [0.5, 0.6) is 0 Å². The molecule has 0 saturated heterocycles. The average Bonchev–Trinajstić information content (AvgIpc) is 2.56. The Morgan fingerprint density at radius 1 is 1.35 bits per heavy atom. The van der Waals surface area contributed by atoms with Gasteiger partial charge in [0.1, 0.15) is 5.65 Å². The minimum absolute atomic E-state index is 0.0390. The van der Waals surface area contributed by atoms with Gasteiger partial charge in [0, 0.05) is 14.1 Å². The summed E-state index contributed by atoms with van der Waals surface area (Å²) < 4.78 is 2.29. The van der Waals surface area contributed by atoms with Gasteiger partial charge in [0.25, 0.3) is 5.56 Å². The van der Waals surface area contributed by atoms with E-state index in [0.717, 1.165) is 11.0 Å². The van der Waals surface area contributed by atoms with Crippen molar-refractivity contribution in [3.8, 4) is 0 Å². The molecule has 0 spiro atoms. The first-order chi connectivity index (χ1) is 10.8. The van der Waals surface area contributed by atoms with Gasteiger partial charge in [-0.25, -0.2) is 9.78 Å². The zero-order chi connectivity index (χ0) is 17.3. The van der Waals surface area contributed by atoms with Crippen LogP contribution < -0.4 is 22.3 Å². The van der Waals surface area contributed by atoms with E-state index in [1.165, 1.54) is 30.9 Å². The number of rotatable bonds is 4. The molecule has 0 bridgehead atoms. The zero-order valence-electron chi connectivity index (χ0n) is 13.7. The number of aromatic nitrogens is 3. The first-order valence-electron chi connectivity index (χ1n) is 7.40. The third kappa shape index (κ3) is 3.02. The van der Waals surface area contributed by atoms with E-state index in [1.54, 1.807) is 0 Å². The van der Waals surface area contributed by atoms with Gasteiger partial charge in [0.2, 0.25) is 5.91 Å². The van der Waals surface area contributed by atoms with Crippen LogP contribution in [0, 0.1) is 5.92 Å². The second-order valence-electron chi connectivity index (χ2n) is 5.70. The van der Waals surface area contributed by atoms with Gasteiger partial charge in [-0.05, 0) is 12.0 Å². The Balaban J connectivity index is 2.44. The van der Waals surface area contributed by atoms with Crippen LogP contribution in [-0.2, 0) is 18.9 Å². The number of carbonyl (C=O) groups excluding carboxylic acids is 1. The van der Waals surface area contributed by atoms with Crippen molar-refractivity contribution in [2.75, 3.05) is 5.32 Å². The lowest BCUT2D eigenvalue weighted by Gasteiger charge is -2.17. The molecule has 8 heteroatoms. The molecule has 2 heterocycles. The quantitative estimate of drug-likeness (QED) is 0.820. The van der Waals surface area contributed by atoms with Crippen molar-refractivity contribution in [2.24, 2.45) is 25.7 Å². The minimum atomic E-state index is -0.640. The molecule has 0 fully saturated rings. The molecule has 0 aliphatic heterocycles. The van der Waals surface area contributed by atoms with Gasteiger partial charge in [-0.1, -0.05) is 20.3 Å². The maximum absolute atomic E-state index is 12.2. The Bertz CT molecular complexity index is 868. The van der Waals surface area contributed by atoms with Crippen LogP contribution in [-0.4, -0.2) is 26.1 Å². The molecule has 2 rings (SSSR count). The fourth-order valence-electron chi connectivity index (χ4n) is 2.27. The third-order valence-corrected chi connectivity index (χ3v) is 4.12. The van der Waals surface area contributed by atoms with Gasteiger partial charge in [-0.3, -0.25) is 18.7 Å². The van der Waals surface area contributed by atoms with Gasteiger partial charge in [-0.2, -0.15) is 0 Å². The lowest BCUT2D eigenvalue weighted by atomic mass is 9.99. The molecular formula is C15H21N5O3. The normalized spacial score (nSPS) is 13.8. The molecule has 0 aromatic carbocycles. The summed E-state index contributed by atoms with van der Waals surface area (Å²) >= 11 is 0. The van der Waals surface area contributed by atoms with Gasteiger partial charge in [-0.15, -0.1) is 0 Å². The van der Waals surface area contributed by atoms with Gasteiger partial charge < -0.3 is 11.1 Å². The van der Waals surface area contributed by atoms with Crippen LogP contribution in [0.4, 0.5) is 5.69 Å². The Morgan fingerprint density at radius 2 is 2.00 bits per heavy atom. The number of nitrogens with two attached hydrogens (primary N) is 1. The van der Waals surface area contributed by atoms with E-state index in [2.05, 4.69) is 10.3 Å². The second-order valence-corrected chi connectivity index (χ2v) is 5.70. The van der Waals surface area contributed by atoms with Crippen molar-refractivity contribution in [2.45, 2.75) is 26.3 Å². The summed E-state index contributed by atoms with van der Waals surface area (Å²) in [6, 6.07) is 0.865. The molecule has 2 aromatic rings. The fourth-order valence-corrected chi connectivity index (χ4v) is 2.27. The van der Waals surface area contributed by atoms with E-state index in [9.17, 15) is 14.4 Å². The maximum Gasteiger partial charge on any atom is 0.332 e. The van der Waals surface area contributed by atoms with E-state index < -0.39 is 17.3 Å². The highest BCUT2D eigenvalue weighted by Crippen LogP contribution is 2.13. The Hall–Kier alpha value is -2.48. The molecule has 0 aliphatic rings. The number of nitrogens with zero attached hydrogens (tertiary/aromatic N) is 3. The lowest BCUT2D eigenvalue weighted by molar-refractivity contribution is -0.118. The highest BCUT2D eigenvalue weighted by atomic mass is 16.2. The molecule has 23 heavy (non-hydrogen) atoms. The molecule has 8 nitrogen and oxygen atoms in total. The van der Waals surface area contributed by atoms with Crippen LogP contribution in [0.15, 0.2) is 21.9 Å². The van der Waals surface area contributed by atoms with E-state index in [-0.39, 0.29) is 22.9 Å². The average molecular weight is 319 g/mol. The number of hydrogen-bond donors (Lipinski definition) is 2. The number of carbonyl (C=O) groups is 1. The molecule has 2 unspecified atom stereocenters. The minimum Gasteiger partial charge on any atom is -0.323 e. The number of nitrogens with one attached hydrogen (secondary N) is 1. The zero-order valence-corrected chi connectivity index (χ0v) is 13.7. The van der Waals surface area contributed by atoms with Crippen LogP contribution in [0.25, 0.3) is 11.0 Å². The first-order valence-corrected chi connectivity index (χ1v) is 7.40. The first kappa shape index (κ1) is 16.9. The molecular weight excluding hydrogens is 298 g/mol. The SMILES string of the molecule is CCC(C)C(N)C(=O)Nc1cnc2c(c1)c(=O)n(C)c(=O)n2C. The van der Waals surface area contributed by atoms with E-state index in [1.807, 2.05) is 13.8 Å². The number of aryl methyl sites for hydroxylation is 1. The third-order valence-electron chi connectivity index (χ3n) is 4.12.